The third kappa shape index (κ3) is 4.28. The summed E-state index contributed by atoms with van der Waals surface area (Å²) in [6.07, 6.45) is 12.5. The second kappa shape index (κ2) is 9.21. The van der Waals surface area contributed by atoms with Gasteiger partial charge in [-0.05, 0) is 91.1 Å². The van der Waals surface area contributed by atoms with Gasteiger partial charge in [0.25, 0.3) is 0 Å². The van der Waals surface area contributed by atoms with Crippen molar-refractivity contribution in [2.75, 3.05) is 13.1 Å². The predicted octanol–water partition coefficient (Wildman–Crippen LogP) is 6.02. The molecule has 5 aliphatic rings. The number of nitrogens with zero attached hydrogens (tertiary/aromatic N) is 3. The minimum atomic E-state index is -0.169. The van der Waals surface area contributed by atoms with Crippen molar-refractivity contribution in [3.05, 3.63) is 0 Å². The van der Waals surface area contributed by atoms with Crippen molar-refractivity contribution in [1.29, 1.82) is 5.26 Å². The van der Waals surface area contributed by atoms with Gasteiger partial charge in [0.05, 0.1) is 19.2 Å². The summed E-state index contributed by atoms with van der Waals surface area (Å²) in [5.41, 5.74) is 0.137. The number of hydrazone groups is 1. The number of Topliss-reactive ketones (excluding diaryl/α,β-unsaturated/α-hetero) is 1. The highest BCUT2D eigenvalue weighted by Crippen LogP contribution is 2.66. The lowest BCUT2D eigenvalue weighted by Crippen LogP contribution is -2.51. The largest absolute Gasteiger partial charge is 0.297 e. The first kappa shape index (κ1) is 23.7. The molecule has 182 valence electrons. The molecule has 4 nitrogen and oxygen atoms in total. The van der Waals surface area contributed by atoms with E-state index >= 15 is 0 Å². The first-order chi connectivity index (χ1) is 15.8. The quantitative estimate of drug-likeness (QED) is 0.494. The number of hydrogen-bond donors (Lipinski definition) is 0. The predicted molar refractivity (Wildman–Crippen MR) is 136 cm³/mol. The molecule has 5 rings (SSSR count). The summed E-state index contributed by atoms with van der Waals surface area (Å²) in [5.74, 6) is 5.61. The van der Waals surface area contributed by atoms with Crippen molar-refractivity contribution in [1.82, 2.24) is 5.01 Å². The smallest absolute Gasteiger partial charge is 0.157 e. The molecule has 10 atom stereocenters. The molecule has 0 radical (unpaired) electrons. The van der Waals surface area contributed by atoms with Crippen LogP contribution >= 0.6 is 11.8 Å². The minimum Gasteiger partial charge on any atom is -0.297 e. The van der Waals surface area contributed by atoms with E-state index in [1.807, 2.05) is 5.01 Å². The van der Waals surface area contributed by atoms with Gasteiger partial charge >= 0.3 is 0 Å². The van der Waals surface area contributed by atoms with Crippen LogP contribution in [0.3, 0.4) is 0 Å². The van der Waals surface area contributed by atoms with Crippen LogP contribution in [-0.2, 0) is 4.79 Å². The van der Waals surface area contributed by atoms with Crippen LogP contribution in [0.2, 0.25) is 0 Å². The van der Waals surface area contributed by atoms with Crippen LogP contribution < -0.4 is 0 Å². The average molecular weight is 470 g/mol. The second-order valence-electron chi connectivity index (χ2n) is 12.6. The summed E-state index contributed by atoms with van der Waals surface area (Å²) >= 11 is 2.16. The number of hydrogen-bond acceptors (Lipinski definition) is 5. The van der Waals surface area contributed by atoms with Crippen molar-refractivity contribution < 1.29 is 4.79 Å². The molecule has 0 aromatic carbocycles. The molecule has 5 heteroatoms. The van der Waals surface area contributed by atoms with Gasteiger partial charge in [-0.1, -0.05) is 34.1 Å². The molecule has 4 saturated carbocycles. The molecule has 0 bridgehead atoms. The fraction of sp³-hybridized carbons (Fsp3) is 0.893. The lowest BCUT2D eigenvalue weighted by molar-refractivity contribution is -0.131. The number of thioether (sulfide) groups is 1. The maximum atomic E-state index is 13.7. The van der Waals surface area contributed by atoms with Crippen LogP contribution in [-0.4, -0.2) is 40.6 Å². The van der Waals surface area contributed by atoms with Crippen LogP contribution in [0.15, 0.2) is 5.10 Å². The summed E-state index contributed by atoms with van der Waals surface area (Å²) in [6, 6.07) is 2.27. The molecule has 0 amide bonds. The Morgan fingerprint density at radius 1 is 1.18 bits per heavy atom. The lowest BCUT2D eigenvalue weighted by Gasteiger charge is -2.57. The molecule has 0 N–H and O–H groups in total. The number of ketones is 1. The minimum absolute atomic E-state index is 0.137. The number of nitriles is 1. The van der Waals surface area contributed by atoms with Gasteiger partial charge in [-0.2, -0.15) is 22.1 Å². The van der Waals surface area contributed by atoms with Crippen LogP contribution in [0.4, 0.5) is 0 Å². The Morgan fingerprint density at radius 3 is 2.70 bits per heavy atom. The number of carbonyl (C=O) groups is 1. The summed E-state index contributed by atoms with van der Waals surface area (Å²) in [7, 11) is 0. The maximum Gasteiger partial charge on any atom is 0.157 e. The van der Waals surface area contributed by atoms with E-state index in [0.29, 0.717) is 35.3 Å². The van der Waals surface area contributed by atoms with Crippen LogP contribution in [0, 0.1) is 64.1 Å². The molecule has 4 fully saturated rings. The fourth-order valence-electron chi connectivity index (χ4n) is 9.07. The summed E-state index contributed by atoms with van der Waals surface area (Å²) < 4.78 is 0. The van der Waals surface area contributed by atoms with Crippen molar-refractivity contribution >= 4 is 23.8 Å². The summed E-state index contributed by atoms with van der Waals surface area (Å²) in [5, 5.41) is 16.6. The van der Waals surface area contributed by atoms with Gasteiger partial charge in [0.1, 0.15) is 5.92 Å². The van der Waals surface area contributed by atoms with Crippen molar-refractivity contribution in [3.8, 4) is 6.07 Å². The van der Waals surface area contributed by atoms with E-state index in [0.717, 1.165) is 36.0 Å². The van der Waals surface area contributed by atoms with Crippen molar-refractivity contribution in [3.63, 3.8) is 0 Å². The third-order valence-corrected chi connectivity index (χ3v) is 11.7. The topological polar surface area (TPSA) is 56.5 Å². The Morgan fingerprint density at radius 2 is 1.97 bits per heavy atom. The van der Waals surface area contributed by atoms with Gasteiger partial charge in [0.15, 0.2) is 5.78 Å². The summed E-state index contributed by atoms with van der Waals surface area (Å²) in [6.45, 7) is 10.6. The molecule has 10 unspecified atom stereocenters. The van der Waals surface area contributed by atoms with E-state index in [1.165, 1.54) is 44.9 Å². The highest BCUT2D eigenvalue weighted by Gasteiger charge is 2.61. The Kier molecular flexibility index (Phi) is 6.62. The third-order valence-electron chi connectivity index (χ3n) is 10.3. The molecule has 4 aliphatic carbocycles. The van der Waals surface area contributed by atoms with Gasteiger partial charge in [-0.15, -0.1) is 0 Å². The summed E-state index contributed by atoms with van der Waals surface area (Å²) in [4.78, 5) is 13.7. The normalized spacial score (nSPS) is 46.5. The van der Waals surface area contributed by atoms with E-state index in [4.69, 9.17) is 0 Å². The van der Waals surface area contributed by atoms with E-state index in [-0.39, 0.29) is 17.3 Å². The Bertz CT molecular complexity index is 820. The van der Waals surface area contributed by atoms with Crippen molar-refractivity contribution in [2.24, 2.45) is 57.9 Å². The molecule has 33 heavy (non-hydrogen) atoms. The zero-order valence-electron chi connectivity index (χ0n) is 21.1. The molecule has 0 spiro atoms. The average Bonchev–Trinajstić information content (AvgIpc) is 3.34. The van der Waals surface area contributed by atoms with Crippen molar-refractivity contribution in [2.45, 2.75) is 89.6 Å². The van der Waals surface area contributed by atoms with Gasteiger partial charge in [-0.3, -0.25) is 9.80 Å². The first-order valence-electron chi connectivity index (χ1n) is 13.7. The fourth-order valence-corrected chi connectivity index (χ4v) is 10.8. The van der Waals surface area contributed by atoms with E-state index in [2.05, 4.69) is 50.6 Å². The Labute approximate surface area is 205 Å². The SMILES string of the molecule is CC1CCC2C(CCC3C2CCC2(C)C(C(=O)CN4CC(C#N)C=N4)CC(SC(C)C)C32)C1. The molecule has 0 aromatic rings. The first-order valence-corrected chi connectivity index (χ1v) is 14.6. The second-order valence-corrected chi connectivity index (χ2v) is 14.5. The standard InChI is InChI=1S/C28H43N3OS/c1-17(2)33-26-12-24(25(32)16-31-15-19(13-29)14-30-31)28(4)10-9-22-21-7-5-18(3)11-20(21)6-8-23(22)27(26)28/h14,17-24,26-27H,5-12,15-16H2,1-4H3. The number of carbonyl (C=O) groups excluding carboxylic acids is 1. The lowest BCUT2D eigenvalue weighted by atomic mass is 9.49. The van der Waals surface area contributed by atoms with Crippen LogP contribution in [0.5, 0.6) is 0 Å². The molecule has 1 heterocycles. The Balaban J connectivity index is 1.36. The van der Waals surface area contributed by atoms with Gasteiger partial charge in [-0.25, -0.2) is 0 Å². The van der Waals surface area contributed by atoms with E-state index < -0.39 is 0 Å². The highest BCUT2D eigenvalue weighted by atomic mass is 32.2. The Hall–Kier alpha value is -1.02. The van der Waals surface area contributed by atoms with Gasteiger partial charge < -0.3 is 0 Å². The monoisotopic (exact) mass is 469 g/mol. The van der Waals surface area contributed by atoms with E-state index in [9.17, 15) is 10.1 Å². The molecule has 0 saturated heterocycles. The highest BCUT2D eigenvalue weighted by molar-refractivity contribution is 8.00. The molecule has 0 aromatic heterocycles. The zero-order chi connectivity index (χ0) is 23.3. The molecule has 1 aliphatic heterocycles. The van der Waals surface area contributed by atoms with Crippen LogP contribution in [0.25, 0.3) is 0 Å². The van der Waals surface area contributed by atoms with E-state index in [1.54, 1.807) is 6.21 Å². The number of fused-ring (bicyclic) bond motifs is 5. The zero-order valence-corrected chi connectivity index (χ0v) is 21.9. The maximum absolute atomic E-state index is 13.7. The van der Waals surface area contributed by atoms with Gasteiger partial charge in [0.2, 0.25) is 0 Å². The molecular formula is C28H43N3OS. The van der Waals surface area contributed by atoms with Gasteiger partial charge in [0, 0.05) is 17.4 Å². The number of rotatable bonds is 5. The molecular weight excluding hydrogens is 426 g/mol. The van der Waals surface area contributed by atoms with Crippen LogP contribution in [0.1, 0.15) is 79.1 Å².